The summed E-state index contributed by atoms with van der Waals surface area (Å²) in [5, 5.41) is 0. The summed E-state index contributed by atoms with van der Waals surface area (Å²) in [5.74, 6) is 4.57. The summed E-state index contributed by atoms with van der Waals surface area (Å²) >= 11 is 0. The van der Waals surface area contributed by atoms with Crippen LogP contribution in [0.1, 0.15) is 6.92 Å². The Labute approximate surface area is 36.5 Å². The van der Waals surface area contributed by atoms with E-state index in [2.05, 4.69) is 10.7 Å². The maximum atomic E-state index is 5.06. The van der Waals surface area contributed by atoms with Crippen molar-refractivity contribution in [2.75, 3.05) is 0 Å². The highest BCUT2D eigenvalue weighted by Crippen LogP contribution is 1.73. The minimum absolute atomic E-state index is 0.567. The van der Waals surface area contributed by atoms with Gasteiger partial charge in [-0.3, -0.25) is 0 Å². The third-order valence-electron chi connectivity index (χ3n) is 0.254. The van der Waals surface area contributed by atoms with Gasteiger partial charge >= 0.3 is 0 Å². The largest absolute Gasteiger partial charge is 0.418 e. The average molecular weight is 88.1 g/mol. The van der Waals surface area contributed by atoms with E-state index < -0.39 is 0 Å². The third-order valence-corrected chi connectivity index (χ3v) is 0.254. The van der Waals surface area contributed by atoms with Gasteiger partial charge in [0.1, 0.15) is 6.26 Å². The van der Waals surface area contributed by atoms with Crippen LogP contribution in [0.15, 0.2) is 12.0 Å². The summed E-state index contributed by atoms with van der Waals surface area (Å²) in [4.78, 5) is 4.02. The fraction of sp³-hybridized carbons (Fsp3) is 0.333. The Hall–Kier alpha value is -0.700. The fourth-order valence-electron chi connectivity index (χ4n) is 0.107. The Kier molecular flexibility index (Phi) is 2.24. The summed E-state index contributed by atoms with van der Waals surface area (Å²) in [6.45, 7) is 1.69. The standard InChI is InChI=1S/C3H8N2O/c1-3(4)2-6-5/h2H,4-5H2,1H3/b3-2-. The molecule has 3 heteroatoms. The lowest BCUT2D eigenvalue weighted by atomic mass is 10.6. The van der Waals surface area contributed by atoms with Crippen molar-refractivity contribution in [3.05, 3.63) is 12.0 Å². The number of hydrogen-bond donors (Lipinski definition) is 2. The predicted molar refractivity (Wildman–Crippen MR) is 23.2 cm³/mol. The van der Waals surface area contributed by atoms with Crippen molar-refractivity contribution in [2.24, 2.45) is 11.6 Å². The molecule has 6 heavy (non-hydrogen) atoms. The van der Waals surface area contributed by atoms with Gasteiger partial charge in [-0.1, -0.05) is 0 Å². The van der Waals surface area contributed by atoms with E-state index in [1.54, 1.807) is 6.92 Å². The lowest BCUT2D eigenvalue weighted by Gasteiger charge is -1.84. The van der Waals surface area contributed by atoms with Gasteiger partial charge in [-0.05, 0) is 6.92 Å². The van der Waals surface area contributed by atoms with E-state index in [0.29, 0.717) is 5.70 Å². The Morgan fingerprint density at radius 3 is 2.33 bits per heavy atom. The molecule has 0 saturated heterocycles. The molecule has 0 aliphatic heterocycles. The van der Waals surface area contributed by atoms with E-state index in [4.69, 9.17) is 5.73 Å². The molecule has 0 saturated carbocycles. The molecule has 0 unspecified atom stereocenters. The molecule has 4 N–H and O–H groups in total. The quantitative estimate of drug-likeness (QED) is 0.341. The van der Waals surface area contributed by atoms with Crippen molar-refractivity contribution in [3.8, 4) is 0 Å². The SMILES string of the molecule is C/C(N)=C/ON. The van der Waals surface area contributed by atoms with Crippen molar-refractivity contribution in [2.45, 2.75) is 6.92 Å². The molecule has 0 aromatic heterocycles. The van der Waals surface area contributed by atoms with Crippen LogP contribution in [0.25, 0.3) is 0 Å². The number of nitrogens with two attached hydrogens (primary N) is 2. The van der Waals surface area contributed by atoms with Gasteiger partial charge in [0.2, 0.25) is 0 Å². The monoisotopic (exact) mass is 88.1 g/mol. The molecule has 0 aliphatic carbocycles. The molecule has 0 aromatic carbocycles. The van der Waals surface area contributed by atoms with E-state index in [0.717, 1.165) is 0 Å². The second-order valence-corrected chi connectivity index (χ2v) is 0.998. The van der Waals surface area contributed by atoms with Crippen molar-refractivity contribution in [1.82, 2.24) is 0 Å². The van der Waals surface area contributed by atoms with Gasteiger partial charge in [0, 0.05) is 5.70 Å². The minimum atomic E-state index is 0.567. The van der Waals surface area contributed by atoms with Crippen molar-refractivity contribution >= 4 is 0 Å². The summed E-state index contributed by atoms with van der Waals surface area (Å²) in [6.07, 6.45) is 1.26. The van der Waals surface area contributed by atoms with Gasteiger partial charge in [-0.15, -0.1) is 0 Å². The summed E-state index contributed by atoms with van der Waals surface area (Å²) in [5.41, 5.74) is 5.63. The normalized spacial score (nSPS) is 11.3. The molecule has 0 aromatic rings. The predicted octanol–water partition coefficient (Wildman–Crippen LogP) is -0.303. The molecule has 0 fully saturated rings. The van der Waals surface area contributed by atoms with Crippen molar-refractivity contribution < 1.29 is 4.84 Å². The van der Waals surface area contributed by atoms with Gasteiger partial charge in [-0.2, -0.15) is 5.90 Å². The topological polar surface area (TPSA) is 61.3 Å². The van der Waals surface area contributed by atoms with Crippen LogP contribution in [0.5, 0.6) is 0 Å². The molecule has 0 rings (SSSR count). The van der Waals surface area contributed by atoms with E-state index >= 15 is 0 Å². The Balaban J connectivity index is 3.14. The summed E-state index contributed by atoms with van der Waals surface area (Å²) < 4.78 is 0. The van der Waals surface area contributed by atoms with Crippen LogP contribution in [-0.4, -0.2) is 0 Å². The molecule has 0 radical (unpaired) electrons. The number of allylic oxidation sites excluding steroid dienone is 1. The fourth-order valence-corrected chi connectivity index (χ4v) is 0.107. The van der Waals surface area contributed by atoms with Gasteiger partial charge < -0.3 is 10.6 Å². The second kappa shape index (κ2) is 2.53. The van der Waals surface area contributed by atoms with Crippen LogP contribution < -0.4 is 11.6 Å². The average Bonchev–Trinajstić information content (AvgIpc) is 1.35. The van der Waals surface area contributed by atoms with Crippen LogP contribution >= 0.6 is 0 Å². The molecule has 3 nitrogen and oxygen atoms in total. The highest BCUT2D eigenvalue weighted by atomic mass is 16.6. The maximum Gasteiger partial charge on any atom is 0.129 e. The van der Waals surface area contributed by atoms with E-state index in [9.17, 15) is 0 Å². The maximum absolute atomic E-state index is 5.06. The first-order valence-electron chi connectivity index (χ1n) is 1.55. The number of hydrogen-bond acceptors (Lipinski definition) is 3. The molecule has 0 heterocycles. The minimum Gasteiger partial charge on any atom is -0.418 e. The zero-order chi connectivity index (χ0) is 4.99. The van der Waals surface area contributed by atoms with Crippen LogP contribution in [-0.2, 0) is 4.84 Å². The van der Waals surface area contributed by atoms with Gasteiger partial charge in [0.15, 0.2) is 0 Å². The highest BCUT2D eigenvalue weighted by Gasteiger charge is 1.67. The van der Waals surface area contributed by atoms with Crippen molar-refractivity contribution in [1.29, 1.82) is 0 Å². The van der Waals surface area contributed by atoms with Gasteiger partial charge in [0.25, 0.3) is 0 Å². The Morgan fingerprint density at radius 1 is 1.83 bits per heavy atom. The highest BCUT2D eigenvalue weighted by molar-refractivity contribution is 4.83. The number of rotatable bonds is 1. The first-order chi connectivity index (χ1) is 2.77. The lowest BCUT2D eigenvalue weighted by molar-refractivity contribution is 0.257. The zero-order valence-electron chi connectivity index (χ0n) is 3.64. The molecule has 0 atom stereocenters. The van der Waals surface area contributed by atoms with Gasteiger partial charge in [0.05, 0.1) is 0 Å². The molecule has 0 spiro atoms. The van der Waals surface area contributed by atoms with Crippen LogP contribution in [0.2, 0.25) is 0 Å². The third kappa shape index (κ3) is 3.30. The Morgan fingerprint density at radius 2 is 2.33 bits per heavy atom. The Bertz CT molecular complexity index is 55.8. The van der Waals surface area contributed by atoms with E-state index in [1.165, 1.54) is 6.26 Å². The molecule has 36 valence electrons. The molecule has 0 bridgehead atoms. The summed E-state index contributed by atoms with van der Waals surface area (Å²) in [6, 6.07) is 0. The molecular weight excluding hydrogens is 80.0 g/mol. The zero-order valence-corrected chi connectivity index (χ0v) is 3.64. The summed E-state index contributed by atoms with van der Waals surface area (Å²) in [7, 11) is 0. The molecule has 0 aliphatic rings. The first-order valence-corrected chi connectivity index (χ1v) is 1.55. The smallest absolute Gasteiger partial charge is 0.129 e. The molecular formula is C3H8N2O. The molecule has 0 amide bonds. The van der Waals surface area contributed by atoms with Crippen LogP contribution in [0, 0.1) is 0 Å². The lowest BCUT2D eigenvalue weighted by Crippen LogP contribution is -1.95. The second-order valence-electron chi connectivity index (χ2n) is 0.998. The van der Waals surface area contributed by atoms with E-state index in [-0.39, 0.29) is 0 Å². The van der Waals surface area contributed by atoms with Crippen LogP contribution in [0.3, 0.4) is 0 Å². The van der Waals surface area contributed by atoms with Gasteiger partial charge in [-0.25, -0.2) is 0 Å². The first kappa shape index (κ1) is 5.30. The van der Waals surface area contributed by atoms with Crippen LogP contribution in [0.4, 0.5) is 0 Å². The van der Waals surface area contributed by atoms with Crippen molar-refractivity contribution in [3.63, 3.8) is 0 Å². The van der Waals surface area contributed by atoms with E-state index in [1.807, 2.05) is 0 Å².